The Labute approximate surface area is 608 Å². The minimum absolute atomic E-state index is 0.0621. The Morgan fingerprint density at radius 1 is 0.846 bits per heavy atom. The second-order valence-electron chi connectivity index (χ2n) is 29.2. The van der Waals surface area contributed by atoms with E-state index in [0.29, 0.717) is 24.4 Å². The van der Waals surface area contributed by atoms with E-state index in [4.69, 9.17) is 16.2 Å². The number of aromatic amines is 1. The van der Waals surface area contributed by atoms with Crippen LogP contribution in [0, 0.1) is 35.5 Å². The van der Waals surface area contributed by atoms with E-state index in [1.165, 1.54) is 34.9 Å². The van der Waals surface area contributed by atoms with E-state index >= 15 is 28.2 Å². The number of hydrogen-bond donors (Lipinski definition) is 14. The molecule has 4 heterocycles. The van der Waals surface area contributed by atoms with Gasteiger partial charge in [0.1, 0.15) is 23.5 Å². The third-order valence-corrected chi connectivity index (χ3v) is 22.6. The summed E-state index contributed by atoms with van der Waals surface area (Å²) in [4.78, 5) is 192. The zero-order valence-corrected chi connectivity index (χ0v) is 62.7. The minimum Gasteiger partial charge on any atom is -0.508 e. The van der Waals surface area contributed by atoms with Gasteiger partial charge in [0.05, 0.1) is 84.2 Å². The molecule has 3 aliphatic heterocycles. The van der Waals surface area contributed by atoms with Crippen LogP contribution in [0.3, 0.4) is 0 Å². The highest BCUT2D eigenvalue weighted by atomic mass is 32.2. The number of amides is 10. The number of aromatic nitrogens is 1. The highest BCUT2D eigenvalue weighted by Gasteiger charge is 2.47. The van der Waals surface area contributed by atoms with Gasteiger partial charge < -0.3 is 78.8 Å². The van der Waals surface area contributed by atoms with E-state index in [-0.39, 0.29) is 96.7 Å². The first kappa shape index (κ1) is 84.6. The zero-order chi connectivity index (χ0) is 77.0. The molecule has 0 saturated carbocycles. The summed E-state index contributed by atoms with van der Waals surface area (Å²) in [5.74, 6) is -17.4. The zero-order valence-electron chi connectivity index (χ0n) is 60.8. The number of aliphatic hydroxyl groups excluding tert-OH is 3. The Bertz CT molecular complexity index is 3620. The first-order chi connectivity index (χ1) is 49.0. The molecule has 10 amide bonds. The topological polar surface area (TPSA) is 488 Å². The summed E-state index contributed by atoms with van der Waals surface area (Å²) in [7, 11) is -4.16. The molecule has 574 valence electrons. The number of phenols is 1. The molecule has 6 rings (SSSR count). The lowest BCUT2D eigenvalue weighted by Gasteiger charge is -2.35. The van der Waals surface area contributed by atoms with Gasteiger partial charge in [-0.3, -0.25) is 71.5 Å². The van der Waals surface area contributed by atoms with Gasteiger partial charge in [0.15, 0.2) is 23.1 Å². The van der Waals surface area contributed by atoms with Gasteiger partial charge in [0.25, 0.3) is 0 Å². The third kappa shape index (κ3) is 24.1. The number of phenolic OH excluding ortho intramolecular Hbond substituents is 1. The summed E-state index contributed by atoms with van der Waals surface area (Å²) in [6.07, 6.45) is -5.87. The molecule has 1 aromatic heterocycles. The van der Waals surface area contributed by atoms with Crippen molar-refractivity contribution in [1.82, 2.24) is 47.1 Å². The summed E-state index contributed by atoms with van der Waals surface area (Å²) < 4.78 is 21.5. The number of nitrogens with one attached hydrogen (secondary N) is 8. The van der Waals surface area contributed by atoms with E-state index in [0.717, 1.165) is 0 Å². The molecule has 3 aliphatic rings. The monoisotopic (exact) mass is 1490 g/mol. The summed E-state index contributed by atoms with van der Waals surface area (Å²) in [6.45, 7) is 13.6. The smallest absolute Gasteiger partial charge is 0.312 e. The summed E-state index contributed by atoms with van der Waals surface area (Å²) >= 11 is 0. The number of nitrogens with two attached hydrogens (primary N) is 2. The number of rotatable bonds is 27. The number of nitrogens with zero attached hydrogens (tertiary/aromatic N) is 2. The van der Waals surface area contributed by atoms with Crippen LogP contribution in [0.15, 0.2) is 47.5 Å². The first-order valence-electron chi connectivity index (χ1n) is 35.6. The number of carbonyl (C=O) groups excluding carboxylic acids is 13. The van der Waals surface area contributed by atoms with Crippen LogP contribution in [0.25, 0.3) is 10.9 Å². The Hall–Kier alpha value is -8.34. The number of benzene rings is 2. The number of ketones is 4. The average molecular weight is 1490 g/mol. The predicted molar refractivity (Wildman–Crippen MR) is 387 cm³/mol. The van der Waals surface area contributed by atoms with Crippen LogP contribution in [0.4, 0.5) is 10.5 Å². The van der Waals surface area contributed by atoms with Gasteiger partial charge in [0, 0.05) is 101 Å². The molecule has 0 radical (unpaired) electrons. The Morgan fingerprint density at radius 3 is 2.14 bits per heavy atom. The molecule has 2 bridgehead atoms. The van der Waals surface area contributed by atoms with Crippen LogP contribution < -0.4 is 53.6 Å². The summed E-state index contributed by atoms with van der Waals surface area (Å²) in [5, 5.41) is 62.2. The fourth-order valence-electron chi connectivity index (χ4n) is 13.2. The average Bonchev–Trinajstić information content (AvgIpc) is 1.62. The number of aromatic hydroxyl groups is 1. The third-order valence-electron chi connectivity index (χ3n) is 19.5. The fraction of sp³-hybridized carbons (Fsp3) is 0.620. The van der Waals surface area contributed by atoms with E-state index in [1.807, 2.05) is 6.92 Å². The molecule has 1 fully saturated rings. The van der Waals surface area contributed by atoms with E-state index < -0.39 is 232 Å². The lowest BCUT2D eigenvalue weighted by atomic mass is 9.85. The predicted octanol–water partition coefficient (Wildman–Crippen LogP) is 0.525. The van der Waals surface area contributed by atoms with Gasteiger partial charge in [-0.25, -0.2) is 4.79 Å². The molecule has 104 heavy (non-hydrogen) atoms. The van der Waals surface area contributed by atoms with Gasteiger partial charge in [-0.1, -0.05) is 79.7 Å². The van der Waals surface area contributed by atoms with E-state index in [9.17, 15) is 58.8 Å². The van der Waals surface area contributed by atoms with Gasteiger partial charge in [-0.2, -0.15) is 0 Å². The minimum atomic E-state index is -2.45. The fourth-order valence-corrected chi connectivity index (χ4v) is 15.4. The second-order valence-corrected chi connectivity index (χ2v) is 36.3. The molecular weight excluding hydrogens is 1380 g/mol. The van der Waals surface area contributed by atoms with Crippen molar-refractivity contribution < 1.29 is 91.7 Å². The quantitative estimate of drug-likeness (QED) is 0.0281. The van der Waals surface area contributed by atoms with Crippen molar-refractivity contribution in [1.29, 1.82) is 0 Å². The highest BCUT2D eigenvalue weighted by Crippen LogP contribution is 2.34. The maximum atomic E-state index is 16.0. The number of hydrogen-bond acceptors (Lipinski definition) is 20. The van der Waals surface area contributed by atoms with Crippen molar-refractivity contribution in [2.24, 2.45) is 47.0 Å². The number of primary amides is 2. The van der Waals surface area contributed by atoms with Crippen LogP contribution in [-0.4, -0.2) is 219 Å². The Kier molecular flexibility index (Phi) is 31.8. The van der Waals surface area contributed by atoms with Crippen LogP contribution in [0.2, 0.25) is 25.7 Å². The van der Waals surface area contributed by atoms with Crippen LogP contribution >= 0.6 is 0 Å². The molecule has 16 N–H and O–H groups in total. The molecule has 5 unspecified atom stereocenters. The number of urea groups is 1. The van der Waals surface area contributed by atoms with Crippen LogP contribution in [0.1, 0.15) is 117 Å². The molecule has 2 aromatic carbocycles. The highest BCUT2D eigenvalue weighted by molar-refractivity contribution is 7.85. The number of H-pyrrole nitrogens is 1. The van der Waals surface area contributed by atoms with Crippen molar-refractivity contribution in [2.45, 2.75) is 198 Å². The number of ether oxygens (including phenoxy) is 1. The second kappa shape index (κ2) is 39.1. The van der Waals surface area contributed by atoms with Crippen molar-refractivity contribution >= 4 is 112 Å². The molecule has 1 saturated heterocycles. The van der Waals surface area contributed by atoms with Crippen molar-refractivity contribution in [2.75, 3.05) is 56.8 Å². The van der Waals surface area contributed by atoms with Crippen LogP contribution in [-0.2, 0) is 85.9 Å². The normalized spacial score (nSPS) is 23.9. The van der Waals surface area contributed by atoms with Gasteiger partial charge in [-0.05, 0) is 91.8 Å². The largest absolute Gasteiger partial charge is 0.508 e. The molecular formula is C71H106N12O19SSi. The summed E-state index contributed by atoms with van der Waals surface area (Å²) in [5.41, 5.74) is 12.1. The SMILES string of the molecule is CCCC(=O)N[C@H](C(=O)CC(CCCNC(N)=O)C(=O)N(COCC[Si](C)(C)C)c1ccc(CC2C(=O)[C@H](CC(N)=O)CC(=O)C3C[S@@](=O)c4[nH]c5cc(O)ccc5c4CC(CC(=O)[C@H]([C@@H](C)[C@@H](O)CO)NC(=O)[C@@H]4CC(O)CN24)C(=O)NCC(=O)N[C@@H]([C@@H](C)CC)C(=O)NCC(=O)N3)cc1)C(C)C. The number of carbonyl (C=O) groups is 13. The molecule has 14 atom stereocenters. The first-order valence-corrected chi connectivity index (χ1v) is 40.7. The number of aliphatic hydroxyl groups is 3. The van der Waals surface area contributed by atoms with E-state index in [2.05, 4.69) is 61.8 Å². The maximum Gasteiger partial charge on any atom is 0.312 e. The molecule has 33 heteroatoms. The van der Waals surface area contributed by atoms with Gasteiger partial charge in [-0.15, -0.1) is 0 Å². The van der Waals surface area contributed by atoms with Gasteiger partial charge >= 0.3 is 6.03 Å². The number of fused-ring (bicyclic) bond motifs is 5. The van der Waals surface area contributed by atoms with E-state index in [1.54, 1.807) is 52.0 Å². The number of Topliss-reactive ketones (excluding diaryl/α,β-unsaturated/α-hetero) is 4. The molecule has 3 aromatic rings. The maximum absolute atomic E-state index is 16.0. The van der Waals surface area contributed by atoms with Crippen molar-refractivity contribution in [3.63, 3.8) is 0 Å². The van der Waals surface area contributed by atoms with Crippen molar-refractivity contribution in [3.05, 3.63) is 53.6 Å². The Balaban J connectivity index is 1.54. The van der Waals surface area contributed by atoms with Crippen LogP contribution in [0.5, 0.6) is 5.75 Å². The molecule has 0 spiro atoms. The lowest BCUT2D eigenvalue weighted by Crippen LogP contribution is -2.57. The molecule has 0 aliphatic carbocycles. The Morgan fingerprint density at radius 2 is 1.52 bits per heavy atom. The molecule has 31 nitrogen and oxygen atoms in total. The summed E-state index contributed by atoms with van der Waals surface area (Å²) in [6, 6.07) is 1.17. The van der Waals surface area contributed by atoms with Gasteiger partial charge in [0.2, 0.25) is 47.3 Å². The number of anilines is 1. The lowest BCUT2D eigenvalue weighted by molar-refractivity contribution is -0.138. The van der Waals surface area contributed by atoms with Crippen molar-refractivity contribution in [3.8, 4) is 5.75 Å². The standard InChI is InChI=1S/C71H106N12O19SSi/c1-10-13-59(92)79-62(38(3)4)55(88)26-42(14-12-21-74-71(73)100)70(99)83(37-102-22-23-104(7,8)9)45-17-15-41(16-18-45)24-52-65(95)43(29-58(72)91)27-54(87)51-36-103(101)69-49(48-20-19-46(85)30-50(48)78-69)25-44(66(96)75-33-61(94)80-63(39(5)11-2)68(98)76-32-60(93)77-51)28-56(89)64(40(6)57(90)35-84)81-67(97)53-31-47(86)34-82(52)53/h15-20,30,38-40,42-44,47,51-53,57,62-64,78,84-86,90H,10-14,21-29,31-37H2,1-9H3,(H2,72,91)(H,75,96)(H,76,98)(H,77,93)(H,79,92)(H,80,94)(H,81,97)(H3,73,74,100)/t39-,40-,42?,43-,44?,47?,51?,52?,53-,57-,62-,63-,64-,103+/m0/s1.